The van der Waals surface area contributed by atoms with Gasteiger partial charge in [-0.15, -0.1) is 0 Å². The summed E-state index contributed by atoms with van der Waals surface area (Å²) in [7, 11) is 1.77. The summed E-state index contributed by atoms with van der Waals surface area (Å²) in [4.78, 5) is 25.7. The number of hydrogen-bond acceptors (Lipinski definition) is 2. The second-order valence-electron chi connectivity index (χ2n) is 5.56. The zero-order valence-corrected chi connectivity index (χ0v) is 12.2. The summed E-state index contributed by atoms with van der Waals surface area (Å²) in [6, 6.07) is 13.5. The molecule has 2 aromatic carbocycles. The van der Waals surface area contributed by atoms with Crippen LogP contribution in [0, 0.1) is 6.92 Å². The number of likely N-dealkylation sites (N-methyl/N-ethyl adjacent to an activating group) is 1. The first-order valence-corrected chi connectivity index (χ1v) is 7.03. The molecular formula is C18H17NO2. The second kappa shape index (κ2) is 5.17. The number of Topliss-reactive ketones (excluding diaryl/α,β-unsaturated/α-hetero) is 1. The van der Waals surface area contributed by atoms with Crippen LogP contribution in [0.4, 0.5) is 5.69 Å². The fraction of sp³-hybridized carbons (Fsp3) is 0.222. The molecule has 0 atom stereocenters. The number of benzene rings is 2. The quantitative estimate of drug-likeness (QED) is 0.810. The Balaban J connectivity index is 1.81. The molecule has 0 N–H and O–H groups in total. The lowest BCUT2D eigenvalue weighted by Crippen LogP contribution is -2.20. The van der Waals surface area contributed by atoms with Crippen molar-refractivity contribution in [1.82, 2.24) is 0 Å². The maximum Gasteiger partial charge on any atom is 0.231 e. The van der Waals surface area contributed by atoms with E-state index in [0.29, 0.717) is 18.4 Å². The third-order valence-corrected chi connectivity index (χ3v) is 3.96. The van der Waals surface area contributed by atoms with Crippen molar-refractivity contribution in [2.45, 2.75) is 19.8 Å². The lowest BCUT2D eigenvalue weighted by Gasteiger charge is -2.10. The summed E-state index contributed by atoms with van der Waals surface area (Å²) < 4.78 is 0. The van der Waals surface area contributed by atoms with E-state index >= 15 is 0 Å². The number of fused-ring (bicyclic) bond motifs is 1. The number of ketones is 1. The Labute approximate surface area is 124 Å². The molecule has 1 aliphatic rings. The van der Waals surface area contributed by atoms with Crippen LogP contribution >= 0.6 is 0 Å². The Bertz CT molecular complexity index is 716. The molecule has 3 nitrogen and oxygen atoms in total. The molecular weight excluding hydrogens is 262 g/mol. The number of carbonyl (C=O) groups excluding carboxylic acids is 2. The molecule has 2 aromatic rings. The van der Waals surface area contributed by atoms with E-state index in [4.69, 9.17) is 0 Å². The fourth-order valence-corrected chi connectivity index (χ4v) is 2.64. The fourth-order valence-electron chi connectivity index (χ4n) is 2.64. The first-order chi connectivity index (χ1) is 10.0. The summed E-state index contributed by atoms with van der Waals surface area (Å²) in [6.45, 7) is 2.03. The van der Waals surface area contributed by atoms with Crippen LogP contribution < -0.4 is 4.90 Å². The van der Waals surface area contributed by atoms with Gasteiger partial charge < -0.3 is 4.90 Å². The van der Waals surface area contributed by atoms with Gasteiger partial charge in [0.05, 0.1) is 6.42 Å². The minimum absolute atomic E-state index is 0.0770. The number of carbonyl (C=O) groups is 2. The maximum absolute atomic E-state index is 12.4. The van der Waals surface area contributed by atoms with Crippen molar-refractivity contribution >= 4 is 17.4 Å². The maximum atomic E-state index is 12.4. The first kappa shape index (κ1) is 13.6. The molecule has 0 spiro atoms. The van der Waals surface area contributed by atoms with Gasteiger partial charge in [-0.2, -0.15) is 0 Å². The van der Waals surface area contributed by atoms with Gasteiger partial charge in [0, 0.05) is 24.7 Å². The molecule has 1 aliphatic heterocycles. The van der Waals surface area contributed by atoms with Gasteiger partial charge in [0.15, 0.2) is 5.78 Å². The van der Waals surface area contributed by atoms with E-state index in [0.717, 1.165) is 16.8 Å². The van der Waals surface area contributed by atoms with Crippen LogP contribution in [0.25, 0.3) is 0 Å². The third-order valence-electron chi connectivity index (χ3n) is 3.96. The largest absolute Gasteiger partial charge is 0.315 e. The average molecular weight is 279 g/mol. The van der Waals surface area contributed by atoms with Crippen molar-refractivity contribution < 1.29 is 9.59 Å². The first-order valence-electron chi connectivity index (χ1n) is 7.03. The minimum atomic E-state index is 0.0770. The van der Waals surface area contributed by atoms with Crippen molar-refractivity contribution in [3.05, 3.63) is 64.7 Å². The number of hydrogen-bond donors (Lipinski definition) is 0. The monoisotopic (exact) mass is 279 g/mol. The molecule has 1 amide bonds. The van der Waals surface area contributed by atoms with Gasteiger partial charge in [-0.25, -0.2) is 0 Å². The predicted molar refractivity (Wildman–Crippen MR) is 82.8 cm³/mol. The normalized spacial score (nSPS) is 13.4. The smallest absolute Gasteiger partial charge is 0.231 e. The summed E-state index contributed by atoms with van der Waals surface area (Å²) >= 11 is 0. The molecule has 1 heterocycles. The molecule has 0 radical (unpaired) electrons. The number of rotatable bonds is 3. The van der Waals surface area contributed by atoms with Gasteiger partial charge in [0.2, 0.25) is 5.91 Å². The zero-order valence-electron chi connectivity index (χ0n) is 12.2. The molecule has 0 unspecified atom stereocenters. The molecule has 0 saturated carbocycles. The summed E-state index contributed by atoms with van der Waals surface area (Å²) in [5, 5.41) is 0. The topological polar surface area (TPSA) is 37.4 Å². The van der Waals surface area contributed by atoms with Gasteiger partial charge in [0.1, 0.15) is 0 Å². The highest BCUT2D eigenvalue weighted by atomic mass is 16.2. The molecule has 0 fully saturated rings. The molecule has 21 heavy (non-hydrogen) atoms. The number of nitrogens with zero attached hydrogens (tertiary/aromatic N) is 1. The van der Waals surface area contributed by atoms with E-state index in [2.05, 4.69) is 0 Å². The highest BCUT2D eigenvalue weighted by Crippen LogP contribution is 2.28. The number of anilines is 1. The molecule has 106 valence electrons. The van der Waals surface area contributed by atoms with Crippen LogP contribution in [-0.2, 0) is 17.6 Å². The SMILES string of the molecule is Cc1ccc(CC(=O)c2ccc3c(c2)CC(=O)N3C)cc1. The second-order valence-corrected chi connectivity index (χ2v) is 5.56. The van der Waals surface area contributed by atoms with Gasteiger partial charge in [0.25, 0.3) is 0 Å². The van der Waals surface area contributed by atoms with Gasteiger partial charge in [-0.1, -0.05) is 29.8 Å². The van der Waals surface area contributed by atoms with E-state index in [1.807, 2.05) is 49.4 Å². The average Bonchev–Trinajstić information content (AvgIpc) is 2.76. The van der Waals surface area contributed by atoms with Gasteiger partial charge >= 0.3 is 0 Å². The number of amides is 1. The van der Waals surface area contributed by atoms with E-state index in [1.54, 1.807) is 11.9 Å². The van der Waals surface area contributed by atoms with Crippen LogP contribution in [0.15, 0.2) is 42.5 Å². The lowest BCUT2D eigenvalue weighted by molar-refractivity contribution is -0.117. The van der Waals surface area contributed by atoms with Crippen molar-refractivity contribution in [2.75, 3.05) is 11.9 Å². The predicted octanol–water partition coefficient (Wildman–Crippen LogP) is 2.94. The highest BCUT2D eigenvalue weighted by Gasteiger charge is 2.24. The van der Waals surface area contributed by atoms with Crippen LogP contribution in [0.5, 0.6) is 0 Å². The Hall–Kier alpha value is -2.42. The Morgan fingerprint density at radius 1 is 1.14 bits per heavy atom. The lowest BCUT2D eigenvalue weighted by atomic mass is 10.00. The van der Waals surface area contributed by atoms with Crippen molar-refractivity contribution in [3.63, 3.8) is 0 Å². The Morgan fingerprint density at radius 2 is 1.86 bits per heavy atom. The van der Waals surface area contributed by atoms with Crippen molar-refractivity contribution in [3.8, 4) is 0 Å². The van der Waals surface area contributed by atoms with E-state index in [9.17, 15) is 9.59 Å². The van der Waals surface area contributed by atoms with Crippen LogP contribution in [0.2, 0.25) is 0 Å². The molecule has 0 aromatic heterocycles. The Kier molecular flexibility index (Phi) is 3.34. The highest BCUT2D eigenvalue weighted by molar-refractivity contribution is 6.03. The molecule has 0 bridgehead atoms. The van der Waals surface area contributed by atoms with Gasteiger partial charge in [-0.05, 0) is 36.2 Å². The molecule has 3 rings (SSSR count). The van der Waals surface area contributed by atoms with E-state index in [-0.39, 0.29) is 11.7 Å². The van der Waals surface area contributed by atoms with Crippen molar-refractivity contribution in [2.24, 2.45) is 0 Å². The summed E-state index contributed by atoms with van der Waals surface area (Å²) in [5.74, 6) is 0.164. The summed E-state index contributed by atoms with van der Waals surface area (Å²) in [5.41, 5.74) is 4.73. The van der Waals surface area contributed by atoms with Crippen LogP contribution in [0.3, 0.4) is 0 Å². The molecule has 3 heteroatoms. The third kappa shape index (κ3) is 2.59. The Morgan fingerprint density at radius 3 is 2.57 bits per heavy atom. The van der Waals surface area contributed by atoms with E-state index < -0.39 is 0 Å². The molecule has 0 saturated heterocycles. The van der Waals surface area contributed by atoms with E-state index in [1.165, 1.54) is 5.56 Å². The standard InChI is InChI=1S/C18H17NO2/c1-12-3-5-13(6-4-12)9-17(20)14-7-8-16-15(10-14)11-18(21)19(16)2/h3-8,10H,9,11H2,1-2H3. The minimum Gasteiger partial charge on any atom is -0.315 e. The van der Waals surface area contributed by atoms with Crippen molar-refractivity contribution in [1.29, 1.82) is 0 Å². The van der Waals surface area contributed by atoms with Crippen LogP contribution in [0.1, 0.15) is 27.0 Å². The summed E-state index contributed by atoms with van der Waals surface area (Å²) in [6.07, 6.45) is 0.778. The molecule has 0 aliphatic carbocycles. The van der Waals surface area contributed by atoms with Gasteiger partial charge in [-0.3, -0.25) is 9.59 Å². The zero-order chi connectivity index (χ0) is 15.0. The number of aryl methyl sites for hydroxylation is 1. The van der Waals surface area contributed by atoms with Crippen LogP contribution in [-0.4, -0.2) is 18.7 Å².